The number of carbonyl (C=O) groups excluding carboxylic acids is 2. The van der Waals surface area contributed by atoms with Crippen LogP contribution in [0.3, 0.4) is 0 Å². The monoisotopic (exact) mass is 249 g/mol. The second kappa shape index (κ2) is 8.22. The van der Waals surface area contributed by atoms with Crippen molar-refractivity contribution in [1.29, 1.82) is 0 Å². The highest BCUT2D eigenvalue weighted by molar-refractivity contribution is 5.93. The number of nitrogens with zero attached hydrogens (tertiary/aromatic N) is 1. The van der Waals surface area contributed by atoms with E-state index in [4.69, 9.17) is 0 Å². The van der Waals surface area contributed by atoms with Crippen LogP contribution in [0.25, 0.3) is 0 Å². The molecule has 0 aromatic carbocycles. The zero-order valence-corrected chi connectivity index (χ0v) is 10.2. The maximum absolute atomic E-state index is 11.6. The number of nitrogens with one attached hydrogen (secondary N) is 1. The Kier molecular flexibility index (Phi) is 6.46. The fourth-order valence-electron chi connectivity index (χ4n) is 1.55. The Labute approximate surface area is 106 Å². The largest absolute Gasteiger partial charge is 0.550 e. The maximum Gasteiger partial charge on any atom is 0.252 e. The third kappa shape index (κ3) is 5.98. The lowest BCUT2D eigenvalue weighted by Gasteiger charge is -2.05. The molecule has 5 nitrogen and oxygen atoms in total. The second-order valence-corrected chi connectivity index (χ2v) is 4.03. The average Bonchev–Trinajstić information content (AvgIpc) is 2.38. The summed E-state index contributed by atoms with van der Waals surface area (Å²) >= 11 is 0. The number of carbonyl (C=O) groups is 2. The van der Waals surface area contributed by atoms with Crippen molar-refractivity contribution < 1.29 is 14.7 Å². The van der Waals surface area contributed by atoms with E-state index in [9.17, 15) is 14.7 Å². The lowest BCUT2D eigenvalue weighted by Crippen LogP contribution is -2.24. The smallest absolute Gasteiger partial charge is 0.252 e. The molecule has 1 heterocycles. The number of carboxylic acids is 1. The van der Waals surface area contributed by atoms with Crippen LogP contribution in [0.2, 0.25) is 0 Å². The first-order chi connectivity index (χ1) is 8.70. The first-order valence-electron chi connectivity index (χ1n) is 6.08. The molecule has 1 amide bonds. The number of carboxylic acid groups (broad SMARTS) is 1. The molecule has 18 heavy (non-hydrogen) atoms. The third-order valence-electron chi connectivity index (χ3n) is 2.52. The van der Waals surface area contributed by atoms with Crippen molar-refractivity contribution in [3.63, 3.8) is 0 Å². The minimum atomic E-state index is -1.00. The number of amides is 1. The van der Waals surface area contributed by atoms with Gasteiger partial charge in [0.05, 0.1) is 5.56 Å². The summed E-state index contributed by atoms with van der Waals surface area (Å²) in [6.07, 6.45) is 6.49. The van der Waals surface area contributed by atoms with E-state index in [0.29, 0.717) is 18.5 Å². The van der Waals surface area contributed by atoms with Gasteiger partial charge < -0.3 is 15.2 Å². The van der Waals surface area contributed by atoms with Gasteiger partial charge in [-0.2, -0.15) is 0 Å². The van der Waals surface area contributed by atoms with Gasteiger partial charge >= 0.3 is 0 Å². The molecule has 1 aromatic heterocycles. The molecule has 98 valence electrons. The van der Waals surface area contributed by atoms with Gasteiger partial charge in [0.1, 0.15) is 0 Å². The molecule has 0 saturated carbocycles. The summed E-state index contributed by atoms with van der Waals surface area (Å²) < 4.78 is 0. The van der Waals surface area contributed by atoms with Crippen LogP contribution in [-0.2, 0) is 4.79 Å². The fourth-order valence-corrected chi connectivity index (χ4v) is 1.55. The third-order valence-corrected chi connectivity index (χ3v) is 2.52. The number of hydrogen-bond donors (Lipinski definition) is 1. The van der Waals surface area contributed by atoms with Gasteiger partial charge in [0.15, 0.2) is 0 Å². The number of aromatic nitrogens is 1. The molecule has 5 heteroatoms. The predicted octanol–water partition coefficient (Wildman–Crippen LogP) is 0.512. The summed E-state index contributed by atoms with van der Waals surface area (Å²) in [5.41, 5.74) is 0.550. The SMILES string of the molecule is O=C([O-])CCCCCCNC(=O)c1cccnc1. The molecule has 1 N–H and O–H groups in total. The molecule has 0 bridgehead atoms. The minimum Gasteiger partial charge on any atom is -0.550 e. The predicted molar refractivity (Wildman–Crippen MR) is 64.7 cm³/mol. The fraction of sp³-hybridized carbons (Fsp3) is 0.462. The molecule has 0 aliphatic rings. The van der Waals surface area contributed by atoms with Gasteiger partial charge in [-0.15, -0.1) is 0 Å². The molecule has 1 aromatic rings. The number of aliphatic carboxylic acids is 1. The van der Waals surface area contributed by atoms with Crippen LogP contribution in [0.15, 0.2) is 24.5 Å². The van der Waals surface area contributed by atoms with Crippen molar-refractivity contribution in [2.24, 2.45) is 0 Å². The first kappa shape index (κ1) is 14.2. The summed E-state index contributed by atoms with van der Waals surface area (Å²) in [6.45, 7) is 0.596. The highest BCUT2D eigenvalue weighted by atomic mass is 16.4. The average molecular weight is 249 g/mol. The van der Waals surface area contributed by atoms with E-state index in [1.165, 1.54) is 6.20 Å². The van der Waals surface area contributed by atoms with E-state index >= 15 is 0 Å². The molecular weight excluding hydrogens is 232 g/mol. The van der Waals surface area contributed by atoms with Gasteiger partial charge in [-0.1, -0.05) is 12.8 Å². The number of unbranched alkanes of at least 4 members (excludes halogenated alkanes) is 3. The number of rotatable bonds is 8. The Balaban J connectivity index is 2.05. The summed E-state index contributed by atoms with van der Waals surface area (Å²) in [4.78, 5) is 25.6. The van der Waals surface area contributed by atoms with Crippen molar-refractivity contribution in [2.75, 3.05) is 6.54 Å². The van der Waals surface area contributed by atoms with Crippen molar-refractivity contribution in [3.8, 4) is 0 Å². The van der Waals surface area contributed by atoms with Crippen LogP contribution >= 0.6 is 0 Å². The van der Waals surface area contributed by atoms with Gasteiger partial charge in [0, 0.05) is 24.9 Å². The molecule has 0 radical (unpaired) electrons. The number of hydrogen-bond acceptors (Lipinski definition) is 4. The zero-order valence-electron chi connectivity index (χ0n) is 10.2. The van der Waals surface area contributed by atoms with E-state index in [1.807, 2.05) is 0 Å². The summed E-state index contributed by atoms with van der Waals surface area (Å²) in [7, 11) is 0. The highest BCUT2D eigenvalue weighted by Crippen LogP contribution is 2.02. The van der Waals surface area contributed by atoms with Gasteiger partial charge in [-0.05, 0) is 31.4 Å². The standard InChI is InChI=1S/C13H18N2O3/c16-12(17)7-3-1-2-4-9-15-13(18)11-6-5-8-14-10-11/h5-6,8,10H,1-4,7,9H2,(H,15,18)(H,16,17)/p-1. The molecule has 0 unspecified atom stereocenters. The minimum absolute atomic E-state index is 0.113. The van der Waals surface area contributed by atoms with E-state index < -0.39 is 5.97 Å². The Hall–Kier alpha value is -1.91. The molecule has 0 spiro atoms. The van der Waals surface area contributed by atoms with Crippen LogP contribution in [0.1, 0.15) is 42.5 Å². The molecule has 1 rings (SSSR count). The van der Waals surface area contributed by atoms with Gasteiger partial charge in [0.2, 0.25) is 0 Å². The van der Waals surface area contributed by atoms with Crippen LogP contribution in [0, 0.1) is 0 Å². The van der Waals surface area contributed by atoms with Gasteiger partial charge in [-0.3, -0.25) is 9.78 Å². The highest BCUT2D eigenvalue weighted by Gasteiger charge is 2.03. The molecule has 0 aliphatic carbocycles. The van der Waals surface area contributed by atoms with Crippen molar-refractivity contribution in [1.82, 2.24) is 10.3 Å². The lowest BCUT2D eigenvalue weighted by molar-refractivity contribution is -0.305. The van der Waals surface area contributed by atoms with Crippen LogP contribution in [0.5, 0.6) is 0 Å². The Morgan fingerprint density at radius 1 is 1.22 bits per heavy atom. The molecule has 0 saturated heterocycles. The van der Waals surface area contributed by atoms with E-state index in [0.717, 1.165) is 19.3 Å². The molecule has 0 atom stereocenters. The van der Waals surface area contributed by atoms with Crippen LogP contribution in [-0.4, -0.2) is 23.4 Å². The van der Waals surface area contributed by atoms with Crippen molar-refractivity contribution in [3.05, 3.63) is 30.1 Å². The summed E-state index contributed by atoms with van der Waals surface area (Å²) in [5, 5.41) is 13.0. The maximum atomic E-state index is 11.6. The zero-order chi connectivity index (χ0) is 13.2. The first-order valence-corrected chi connectivity index (χ1v) is 6.08. The van der Waals surface area contributed by atoms with E-state index in [2.05, 4.69) is 10.3 Å². The summed E-state index contributed by atoms with van der Waals surface area (Å²) in [5.74, 6) is -1.13. The van der Waals surface area contributed by atoms with E-state index in [-0.39, 0.29) is 12.3 Å². The Bertz CT molecular complexity index is 379. The van der Waals surface area contributed by atoms with Crippen LogP contribution < -0.4 is 10.4 Å². The molecule has 0 aliphatic heterocycles. The quantitative estimate of drug-likeness (QED) is 0.681. The lowest BCUT2D eigenvalue weighted by atomic mass is 10.1. The van der Waals surface area contributed by atoms with Gasteiger partial charge in [0.25, 0.3) is 5.91 Å². The summed E-state index contributed by atoms with van der Waals surface area (Å²) in [6, 6.07) is 3.43. The van der Waals surface area contributed by atoms with Crippen molar-refractivity contribution >= 4 is 11.9 Å². The number of pyridine rings is 1. The molecule has 0 fully saturated rings. The Morgan fingerprint density at radius 3 is 2.67 bits per heavy atom. The normalized spacial score (nSPS) is 10.0. The van der Waals surface area contributed by atoms with Gasteiger partial charge in [-0.25, -0.2) is 0 Å². The van der Waals surface area contributed by atoms with Crippen LogP contribution in [0.4, 0.5) is 0 Å². The Morgan fingerprint density at radius 2 is 2.00 bits per heavy atom. The second-order valence-electron chi connectivity index (χ2n) is 4.03. The topological polar surface area (TPSA) is 82.1 Å². The molecular formula is C13H17N2O3-. The van der Waals surface area contributed by atoms with Crippen molar-refractivity contribution in [2.45, 2.75) is 32.1 Å². The van der Waals surface area contributed by atoms with E-state index in [1.54, 1.807) is 18.3 Å².